The molecule has 0 aliphatic heterocycles. The summed E-state index contributed by atoms with van der Waals surface area (Å²) in [6.45, 7) is 0. The molecule has 0 saturated heterocycles. The van der Waals surface area contributed by atoms with Gasteiger partial charge in [-0.05, 0) is 22.0 Å². The fourth-order valence-electron chi connectivity index (χ4n) is 0.864. The number of nitro groups is 1. The van der Waals surface area contributed by atoms with Gasteiger partial charge in [0, 0.05) is 22.8 Å². The van der Waals surface area contributed by atoms with E-state index >= 15 is 0 Å². The summed E-state index contributed by atoms with van der Waals surface area (Å²) >= 11 is 3.04. The lowest BCUT2D eigenvalue weighted by Crippen LogP contribution is -1.95. The number of aromatic nitrogens is 1. The highest BCUT2D eigenvalue weighted by Crippen LogP contribution is 2.21. The van der Waals surface area contributed by atoms with E-state index in [2.05, 4.69) is 20.9 Å². The molecule has 1 rings (SSSR count). The van der Waals surface area contributed by atoms with Crippen molar-refractivity contribution in [2.45, 2.75) is 0 Å². The third-order valence-electron chi connectivity index (χ3n) is 1.44. The predicted octanol–water partition coefficient (Wildman–Crippen LogP) is 1.85. The van der Waals surface area contributed by atoms with E-state index in [0.717, 1.165) is 12.2 Å². The Hall–Kier alpha value is -1.76. The highest BCUT2D eigenvalue weighted by Gasteiger charge is 2.13. The zero-order chi connectivity index (χ0) is 11.4. The highest BCUT2D eigenvalue weighted by molar-refractivity contribution is 9.10. The van der Waals surface area contributed by atoms with E-state index in [1.165, 1.54) is 12.3 Å². The quantitative estimate of drug-likeness (QED) is 0.515. The largest absolute Gasteiger partial charge is 0.478 e. The van der Waals surface area contributed by atoms with Crippen molar-refractivity contribution in [1.29, 1.82) is 0 Å². The SMILES string of the molecule is O=C(O)/C=C/c1ncc(Br)cc1[N+](=O)[O-]. The Bertz CT molecular complexity index is 444. The first-order chi connectivity index (χ1) is 7.00. The van der Waals surface area contributed by atoms with Gasteiger partial charge in [0.2, 0.25) is 0 Å². The van der Waals surface area contributed by atoms with Crippen LogP contribution in [-0.2, 0) is 4.79 Å². The normalized spacial score (nSPS) is 10.5. The van der Waals surface area contributed by atoms with Gasteiger partial charge in [-0.15, -0.1) is 0 Å². The number of hydrogen-bond donors (Lipinski definition) is 1. The molecule has 15 heavy (non-hydrogen) atoms. The van der Waals surface area contributed by atoms with Crippen molar-refractivity contribution in [2.75, 3.05) is 0 Å². The van der Waals surface area contributed by atoms with Crippen LogP contribution in [0.5, 0.6) is 0 Å². The second kappa shape index (κ2) is 4.65. The maximum absolute atomic E-state index is 10.6. The number of carboxylic acids is 1. The number of carbonyl (C=O) groups is 1. The van der Waals surface area contributed by atoms with Gasteiger partial charge in [0.1, 0.15) is 5.69 Å². The third kappa shape index (κ3) is 3.13. The summed E-state index contributed by atoms with van der Waals surface area (Å²) in [5, 5.41) is 18.9. The van der Waals surface area contributed by atoms with Crippen molar-refractivity contribution in [2.24, 2.45) is 0 Å². The van der Waals surface area contributed by atoms with Crippen molar-refractivity contribution < 1.29 is 14.8 Å². The molecule has 1 aromatic heterocycles. The average Bonchev–Trinajstić information content (AvgIpc) is 2.15. The molecule has 0 spiro atoms. The Morgan fingerprint density at radius 1 is 1.67 bits per heavy atom. The molecule has 1 heterocycles. The van der Waals surface area contributed by atoms with Crippen molar-refractivity contribution >= 4 is 33.7 Å². The van der Waals surface area contributed by atoms with Gasteiger partial charge in [-0.3, -0.25) is 10.1 Å². The molecule has 0 atom stereocenters. The summed E-state index contributed by atoms with van der Waals surface area (Å²) in [6, 6.07) is 1.26. The molecule has 0 unspecified atom stereocenters. The fraction of sp³-hybridized carbons (Fsp3) is 0. The van der Waals surface area contributed by atoms with E-state index < -0.39 is 10.9 Å². The molecule has 0 radical (unpaired) electrons. The van der Waals surface area contributed by atoms with Gasteiger partial charge in [0.15, 0.2) is 0 Å². The summed E-state index contributed by atoms with van der Waals surface area (Å²) < 4.78 is 0.460. The summed E-state index contributed by atoms with van der Waals surface area (Å²) in [7, 11) is 0. The Morgan fingerprint density at radius 2 is 2.33 bits per heavy atom. The molecule has 0 bridgehead atoms. The molecular weight excluding hydrogens is 268 g/mol. The van der Waals surface area contributed by atoms with Crippen LogP contribution in [0.1, 0.15) is 5.69 Å². The lowest BCUT2D eigenvalue weighted by molar-refractivity contribution is -0.385. The van der Waals surface area contributed by atoms with E-state index in [4.69, 9.17) is 5.11 Å². The Morgan fingerprint density at radius 3 is 2.87 bits per heavy atom. The van der Waals surface area contributed by atoms with Gasteiger partial charge in [-0.2, -0.15) is 0 Å². The number of hydrogen-bond acceptors (Lipinski definition) is 4. The van der Waals surface area contributed by atoms with Crippen LogP contribution in [0.3, 0.4) is 0 Å². The van der Waals surface area contributed by atoms with E-state index in [1.54, 1.807) is 0 Å². The first-order valence-corrected chi connectivity index (χ1v) is 4.51. The molecular formula is C8H5BrN2O4. The molecule has 6 nitrogen and oxygen atoms in total. The standard InChI is InChI=1S/C8H5BrN2O4/c9-5-3-7(11(14)15)6(10-4-5)1-2-8(12)13/h1-4H,(H,12,13)/b2-1+. The van der Waals surface area contributed by atoms with Crippen molar-refractivity contribution in [1.82, 2.24) is 4.98 Å². The summed E-state index contributed by atoms with van der Waals surface area (Å²) in [4.78, 5) is 23.9. The van der Waals surface area contributed by atoms with Gasteiger partial charge in [-0.25, -0.2) is 9.78 Å². The fourth-order valence-corrected chi connectivity index (χ4v) is 1.18. The van der Waals surface area contributed by atoms with Gasteiger partial charge in [0.05, 0.1) is 4.92 Å². The first kappa shape index (κ1) is 11.3. The molecule has 0 aliphatic carbocycles. The summed E-state index contributed by atoms with van der Waals surface area (Å²) in [5.74, 6) is -1.19. The molecule has 78 valence electrons. The lowest BCUT2D eigenvalue weighted by atomic mass is 10.3. The predicted molar refractivity (Wildman–Crippen MR) is 55.3 cm³/mol. The maximum atomic E-state index is 10.6. The van der Waals surface area contributed by atoms with Crippen molar-refractivity contribution in [3.05, 3.63) is 38.6 Å². The van der Waals surface area contributed by atoms with E-state index in [0.29, 0.717) is 4.47 Å². The number of carboxylic acid groups (broad SMARTS) is 1. The molecule has 1 aromatic rings. The van der Waals surface area contributed by atoms with Gasteiger partial charge >= 0.3 is 5.97 Å². The summed E-state index contributed by atoms with van der Waals surface area (Å²) in [6.07, 6.45) is 3.23. The van der Waals surface area contributed by atoms with Crippen molar-refractivity contribution in [3.8, 4) is 0 Å². The monoisotopic (exact) mass is 272 g/mol. The number of nitrogens with zero attached hydrogens (tertiary/aromatic N) is 2. The van der Waals surface area contributed by atoms with Gasteiger partial charge in [-0.1, -0.05) is 0 Å². The number of aliphatic carboxylic acids is 1. The number of pyridine rings is 1. The minimum atomic E-state index is -1.19. The average molecular weight is 273 g/mol. The molecule has 0 amide bonds. The number of halogens is 1. The van der Waals surface area contributed by atoms with E-state index in [1.807, 2.05) is 0 Å². The Labute approximate surface area is 92.5 Å². The highest BCUT2D eigenvalue weighted by atomic mass is 79.9. The zero-order valence-corrected chi connectivity index (χ0v) is 8.84. The first-order valence-electron chi connectivity index (χ1n) is 3.71. The van der Waals surface area contributed by atoms with Crippen LogP contribution in [0.25, 0.3) is 6.08 Å². The zero-order valence-electron chi connectivity index (χ0n) is 7.25. The van der Waals surface area contributed by atoms with Crippen LogP contribution in [0.15, 0.2) is 22.8 Å². The number of rotatable bonds is 3. The second-order valence-corrected chi connectivity index (χ2v) is 3.40. The van der Waals surface area contributed by atoms with Gasteiger partial charge in [0.25, 0.3) is 5.69 Å². The second-order valence-electron chi connectivity index (χ2n) is 2.49. The molecule has 7 heteroatoms. The maximum Gasteiger partial charge on any atom is 0.328 e. The molecule has 0 fully saturated rings. The van der Waals surface area contributed by atoms with Crippen LogP contribution in [0.2, 0.25) is 0 Å². The molecule has 0 aliphatic rings. The summed E-state index contributed by atoms with van der Waals surface area (Å²) in [5.41, 5.74) is -0.243. The Kier molecular flexibility index (Phi) is 3.51. The van der Waals surface area contributed by atoms with Crippen LogP contribution >= 0.6 is 15.9 Å². The van der Waals surface area contributed by atoms with E-state index in [-0.39, 0.29) is 11.4 Å². The molecule has 0 saturated carbocycles. The molecule has 1 N–H and O–H groups in total. The van der Waals surface area contributed by atoms with Gasteiger partial charge < -0.3 is 5.11 Å². The van der Waals surface area contributed by atoms with Crippen LogP contribution in [0.4, 0.5) is 5.69 Å². The van der Waals surface area contributed by atoms with Crippen LogP contribution < -0.4 is 0 Å². The van der Waals surface area contributed by atoms with Crippen LogP contribution in [0, 0.1) is 10.1 Å². The van der Waals surface area contributed by atoms with Crippen molar-refractivity contribution in [3.63, 3.8) is 0 Å². The molecule has 0 aromatic carbocycles. The lowest BCUT2D eigenvalue weighted by Gasteiger charge is -1.96. The Balaban J connectivity index is 3.17. The van der Waals surface area contributed by atoms with Crippen LogP contribution in [-0.4, -0.2) is 21.0 Å². The minimum absolute atomic E-state index is 0.00519. The van der Waals surface area contributed by atoms with E-state index in [9.17, 15) is 14.9 Å². The topological polar surface area (TPSA) is 93.3 Å². The third-order valence-corrected chi connectivity index (χ3v) is 1.88. The minimum Gasteiger partial charge on any atom is -0.478 e. The smallest absolute Gasteiger partial charge is 0.328 e.